The van der Waals surface area contributed by atoms with E-state index in [9.17, 15) is 0 Å². The van der Waals surface area contributed by atoms with Gasteiger partial charge in [-0.05, 0) is 0 Å². The Balaban J connectivity index is 2.05. The van der Waals surface area contributed by atoms with E-state index in [0.717, 1.165) is 22.6 Å². The summed E-state index contributed by atoms with van der Waals surface area (Å²) in [4.78, 5) is 0. The summed E-state index contributed by atoms with van der Waals surface area (Å²) in [5, 5.41) is 3.55. The van der Waals surface area contributed by atoms with Gasteiger partial charge >= 0.3 is 109 Å². The predicted molar refractivity (Wildman–Crippen MR) is 73.6 cm³/mol. The summed E-state index contributed by atoms with van der Waals surface area (Å²) in [7, 11) is 0. The van der Waals surface area contributed by atoms with E-state index in [0.29, 0.717) is 6.04 Å². The predicted octanol–water partition coefficient (Wildman–Crippen LogP) is 2.92. The Labute approximate surface area is 109 Å². The molecule has 1 N–H and O–H groups in total. The topological polar surface area (TPSA) is 37.8 Å². The van der Waals surface area contributed by atoms with Gasteiger partial charge in [0.15, 0.2) is 0 Å². The quantitative estimate of drug-likeness (QED) is 0.862. The number of anilines is 1. The zero-order valence-electron chi connectivity index (χ0n) is 10.6. The van der Waals surface area contributed by atoms with Crippen LogP contribution in [0.15, 0.2) is 18.2 Å². The summed E-state index contributed by atoms with van der Waals surface area (Å²) in [6.07, 6.45) is 2.46. The number of nitrogens with one attached hydrogen (secondary N) is 1. The first-order valence-corrected chi connectivity index (χ1v) is 7.68. The van der Waals surface area contributed by atoms with Crippen LogP contribution in [0.2, 0.25) is 0 Å². The molecule has 0 aliphatic carbocycles. The van der Waals surface area contributed by atoms with Gasteiger partial charge < -0.3 is 0 Å². The average molecular weight is 296 g/mol. The molecule has 0 radical (unpaired) electrons. The number of rotatable bonds is 5. The number of hydrogen-bond acceptors (Lipinski definition) is 3. The fourth-order valence-corrected chi connectivity index (χ4v) is 3.00. The van der Waals surface area contributed by atoms with Crippen LogP contribution >= 0.6 is 0 Å². The molecule has 1 aromatic heterocycles. The van der Waals surface area contributed by atoms with Crippen molar-refractivity contribution in [3.63, 3.8) is 0 Å². The average Bonchev–Trinajstić information content (AvgIpc) is 2.75. The summed E-state index contributed by atoms with van der Waals surface area (Å²) in [5.74, 6) is 0.767. The third kappa shape index (κ3) is 3.30. The fraction of sp³-hybridized carbons (Fsp3) is 0.538. The first kappa shape index (κ1) is 12.6. The van der Waals surface area contributed by atoms with Crippen LogP contribution in [0.25, 0.3) is 11.0 Å². The van der Waals surface area contributed by atoms with Gasteiger partial charge in [-0.1, -0.05) is 0 Å². The van der Waals surface area contributed by atoms with E-state index in [-0.39, 0.29) is 15.0 Å². The Morgan fingerprint density at radius 1 is 1.18 bits per heavy atom. The molecule has 4 heteroatoms. The van der Waals surface area contributed by atoms with Crippen molar-refractivity contribution in [3.8, 4) is 0 Å². The Bertz CT molecular complexity index is 478. The van der Waals surface area contributed by atoms with E-state index in [1.807, 2.05) is 6.07 Å². The molecule has 17 heavy (non-hydrogen) atoms. The second-order valence-electron chi connectivity index (χ2n) is 4.95. The third-order valence-corrected chi connectivity index (χ3v) is 4.00. The van der Waals surface area contributed by atoms with Crippen LogP contribution in [0, 0.1) is 5.92 Å². The monoisotopic (exact) mass is 297 g/mol. The van der Waals surface area contributed by atoms with Gasteiger partial charge in [-0.25, -0.2) is 0 Å². The van der Waals surface area contributed by atoms with Crippen molar-refractivity contribution in [3.05, 3.63) is 18.2 Å². The van der Waals surface area contributed by atoms with E-state index >= 15 is 0 Å². The molecule has 3 nitrogen and oxygen atoms in total. The molecule has 0 saturated heterocycles. The van der Waals surface area contributed by atoms with Crippen LogP contribution < -0.4 is 5.32 Å². The zero-order valence-corrected chi connectivity index (χ0v) is 12.3. The van der Waals surface area contributed by atoms with Gasteiger partial charge in [-0.3, -0.25) is 0 Å². The second kappa shape index (κ2) is 5.65. The van der Waals surface area contributed by atoms with Crippen molar-refractivity contribution in [2.75, 3.05) is 5.32 Å². The van der Waals surface area contributed by atoms with Crippen LogP contribution in [-0.2, 0) is 0 Å². The number of benzene rings is 1. The van der Waals surface area contributed by atoms with Crippen molar-refractivity contribution in [2.45, 2.75) is 39.7 Å². The van der Waals surface area contributed by atoms with Crippen molar-refractivity contribution in [1.29, 1.82) is 0 Å². The van der Waals surface area contributed by atoms with Gasteiger partial charge in [0.2, 0.25) is 0 Å². The van der Waals surface area contributed by atoms with Crippen molar-refractivity contribution in [1.82, 2.24) is 7.96 Å². The Morgan fingerprint density at radius 2 is 2.00 bits per heavy atom. The van der Waals surface area contributed by atoms with Crippen LogP contribution in [0.4, 0.5) is 5.69 Å². The molecule has 0 saturated carbocycles. The first-order chi connectivity index (χ1) is 8.16. The standard InChI is InChI=1S/C13H19N3Se/c1-9(2)7-8-10(3)14-11-5-4-6-12-13(11)16-17-15-12/h4-6,9-10,14H,7-8H2,1-3H3. The molecule has 0 bridgehead atoms. The Hall–Kier alpha value is -0.861. The molecule has 92 valence electrons. The van der Waals surface area contributed by atoms with Gasteiger partial charge in [0.05, 0.1) is 0 Å². The molecule has 0 aliphatic rings. The van der Waals surface area contributed by atoms with Gasteiger partial charge in [-0.2, -0.15) is 0 Å². The molecule has 0 fully saturated rings. The summed E-state index contributed by atoms with van der Waals surface area (Å²) >= 11 is 0.0568. The normalized spacial score (nSPS) is 13.2. The summed E-state index contributed by atoms with van der Waals surface area (Å²) < 4.78 is 8.88. The molecule has 1 atom stereocenters. The summed E-state index contributed by atoms with van der Waals surface area (Å²) in [5.41, 5.74) is 3.25. The van der Waals surface area contributed by atoms with Crippen molar-refractivity contribution < 1.29 is 0 Å². The molecule has 2 aromatic rings. The van der Waals surface area contributed by atoms with Gasteiger partial charge in [-0.15, -0.1) is 0 Å². The first-order valence-electron chi connectivity index (χ1n) is 6.14. The van der Waals surface area contributed by atoms with Crippen molar-refractivity contribution in [2.24, 2.45) is 5.92 Å². The van der Waals surface area contributed by atoms with E-state index < -0.39 is 0 Å². The molecule has 1 unspecified atom stereocenters. The molecule has 0 spiro atoms. The van der Waals surface area contributed by atoms with Crippen LogP contribution in [0.5, 0.6) is 0 Å². The van der Waals surface area contributed by atoms with E-state index in [4.69, 9.17) is 0 Å². The third-order valence-electron chi connectivity index (χ3n) is 2.86. The molecule has 2 rings (SSSR count). The van der Waals surface area contributed by atoms with Crippen LogP contribution in [0.3, 0.4) is 0 Å². The Kier molecular flexibility index (Phi) is 4.19. The summed E-state index contributed by atoms with van der Waals surface area (Å²) in [6.45, 7) is 6.77. The minimum absolute atomic E-state index is 0.0568. The number of fused-ring (bicyclic) bond motifs is 1. The zero-order chi connectivity index (χ0) is 12.3. The van der Waals surface area contributed by atoms with E-state index in [1.54, 1.807) is 0 Å². The maximum absolute atomic E-state index is 4.48. The molecule has 1 aromatic carbocycles. The maximum atomic E-state index is 4.48. The van der Waals surface area contributed by atoms with Gasteiger partial charge in [0.1, 0.15) is 0 Å². The van der Waals surface area contributed by atoms with Gasteiger partial charge in [0, 0.05) is 0 Å². The van der Waals surface area contributed by atoms with Gasteiger partial charge in [0.25, 0.3) is 0 Å². The number of aromatic nitrogens is 2. The molecule has 1 heterocycles. The van der Waals surface area contributed by atoms with E-state index in [1.165, 1.54) is 12.8 Å². The second-order valence-corrected chi connectivity index (χ2v) is 6.06. The molecular weight excluding hydrogens is 277 g/mol. The minimum atomic E-state index is 0.0568. The molecular formula is C13H19N3Se. The van der Waals surface area contributed by atoms with Crippen LogP contribution in [-0.4, -0.2) is 29.0 Å². The molecule has 0 aliphatic heterocycles. The van der Waals surface area contributed by atoms with Crippen LogP contribution in [0.1, 0.15) is 33.6 Å². The van der Waals surface area contributed by atoms with Crippen molar-refractivity contribution >= 4 is 31.7 Å². The number of hydrogen-bond donors (Lipinski definition) is 1. The Morgan fingerprint density at radius 3 is 2.76 bits per heavy atom. The summed E-state index contributed by atoms with van der Waals surface area (Å²) in [6, 6.07) is 6.69. The fourth-order valence-electron chi connectivity index (χ4n) is 1.84. The number of nitrogens with zero attached hydrogens (tertiary/aromatic N) is 2. The molecule has 0 amide bonds. The van der Waals surface area contributed by atoms with E-state index in [2.05, 4.69) is 46.2 Å². The SMILES string of the molecule is CC(C)CCC(C)Nc1cccc2n[se]nc12.